The number of anilines is 1. The number of hydrogen-bond donors (Lipinski definition) is 0. The van der Waals surface area contributed by atoms with Crippen LogP contribution in [-0.4, -0.2) is 47.8 Å². The summed E-state index contributed by atoms with van der Waals surface area (Å²) < 4.78 is 0. The number of thiophene rings is 1. The lowest BCUT2D eigenvalue weighted by atomic mass is 10.1. The summed E-state index contributed by atoms with van der Waals surface area (Å²) in [6.07, 6.45) is 0.355. The third-order valence-electron chi connectivity index (χ3n) is 4.92. The number of aromatic nitrogens is 1. The quantitative estimate of drug-likeness (QED) is 0.596. The number of Topliss-reactive ketones (excluding diaryl/α,β-unsaturated/α-hetero) is 1. The average Bonchev–Trinajstić information content (AvgIpc) is 3.40. The van der Waals surface area contributed by atoms with Crippen molar-refractivity contribution in [2.45, 2.75) is 13.3 Å². The van der Waals surface area contributed by atoms with Crippen molar-refractivity contribution in [3.63, 3.8) is 0 Å². The van der Waals surface area contributed by atoms with Gasteiger partial charge in [0.1, 0.15) is 5.01 Å². The second kappa shape index (κ2) is 8.24. The van der Waals surface area contributed by atoms with Gasteiger partial charge in [0.15, 0.2) is 5.78 Å². The van der Waals surface area contributed by atoms with E-state index in [0.29, 0.717) is 19.5 Å². The third kappa shape index (κ3) is 4.15. The second-order valence-corrected chi connectivity index (χ2v) is 8.44. The molecule has 2 aromatic heterocycles. The Balaban J connectivity index is 1.32. The number of rotatable bonds is 5. The van der Waals surface area contributed by atoms with Crippen LogP contribution >= 0.6 is 22.7 Å². The largest absolute Gasteiger partial charge is 0.368 e. The van der Waals surface area contributed by atoms with E-state index >= 15 is 0 Å². The maximum Gasteiger partial charge on any atom is 0.228 e. The Labute approximate surface area is 172 Å². The Morgan fingerprint density at radius 1 is 1.04 bits per heavy atom. The molecule has 3 heterocycles. The number of thiazole rings is 1. The summed E-state index contributed by atoms with van der Waals surface area (Å²) in [5, 5.41) is 7.07. The van der Waals surface area contributed by atoms with E-state index in [1.54, 1.807) is 29.6 Å². The van der Waals surface area contributed by atoms with Gasteiger partial charge in [0.25, 0.3) is 0 Å². The highest BCUT2D eigenvalue weighted by atomic mass is 32.1. The molecule has 1 aromatic carbocycles. The fourth-order valence-corrected chi connectivity index (χ4v) is 4.83. The molecular weight excluding hydrogens is 390 g/mol. The summed E-state index contributed by atoms with van der Waals surface area (Å²) in [6.45, 7) is 4.57. The Kier molecular flexibility index (Phi) is 5.54. The molecule has 4 rings (SSSR count). The van der Waals surface area contributed by atoms with Crippen molar-refractivity contribution in [2.75, 3.05) is 31.1 Å². The molecule has 0 unspecified atom stereocenters. The molecule has 28 heavy (non-hydrogen) atoms. The molecule has 1 aliphatic rings. The lowest BCUT2D eigenvalue weighted by Gasteiger charge is -2.36. The lowest BCUT2D eigenvalue weighted by Crippen LogP contribution is -2.49. The predicted octanol–water partition coefficient (Wildman–Crippen LogP) is 3.97. The molecule has 3 aromatic rings. The Bertz CT molecular complexity index is 956. The molecule has 0 spiro atoms. The van der Waals surface area contributed by atoms with Crippen molar-refractivity contribution in [3.8, 4) is 10.6 Å². The van der Waals surface area contributed by atoms with Crippen LogP contribution in [0.3, 0.4) is 0 Å². The standard InChI is InChI=1S/C21H21N3O2S2/c1-15(25)16-2-4-19(5-3-16)23-7-9-24(10-8-23)20(26)12-18-14-28-21(22-18)17-6-11-27-13-17/h2-6,11,13-14H,7-10,12H2,1H3. The van der Waals surface area contributed by atoms with Crippen LogP contribution in [0.5, 0.6) is 0 Å². The number of amides is 1. The molecule has 0 radical (unpaired) electrons. The smallest absolute Gasteiger partial charge is 0.228 e. The maximum atomic E-state index is 12.7. The van der Waals surface area contributed by atoms with E-state index in [1.807, 2.05) is 39.9 Å². The molecule has 0 atom stereocenters. The van der Waals surface area contributed by atoms with Crippen LogP contribution in [0, 0.1) is 0 Å². The molecule has 1 aliphatic heterocycles. The average molecular weight is 412 g/mol. The molecule has 144 valence electrons. The predicted molar refractivity (Wildman–Crippen MR) is 114 cm³/mol. The number of benzene rings is 1. The van der Waals surface area contributed by atoms with Gasteiger partial charge in [-0.25, -0.2) is 4.98 Å². The van der Waals surface area contributed by atoms with E-state index in [9.17, 15) is 9.59 Å². The molecule has 5 nitrogen and oxygen atoms in total. The van der Waals surface area contributed by atoms with Crippen LogP contribution in [-0.2, 0) is 11.2 Å². The van der Waals surface area contributed by atoms with Crippen LogP contribution in [0.1, 0.15) is 23.0 Å². The van der Waals surface area contributed by atoms with Gasteiger partial charge in [-0.3, -0.25) is 9.59 Å². The highest BCUT2D eigenvalue weighted by Crippen LogP contribution is 2.26. The minimum atomic E-state index is 0.0751. The number of carbonyl (C=O) groups excluding carboxylic acids is 2. The summed E-state index contributed by atoms with van der Waals surface area (Å²) in [5.74, 6) is 0.208. The number of piperazine rings is 1. The van der Waals surface area contributed by atoms with Crippen molar-refractivity contribution >= 4 is 40.1 Å². The first kappa shape index (κ1) is 18.8. The zero-order valence-corrected chi connectivity index (χ0v) is 17.3. The van der Waals surface area contributed by atoms with Gasteiger partial charge in [-0.1, -0.05) is 0 Å². The third-order valence-corrected chi connectivity index (χ3v) is 6.55. The number of ketones is 1. The van der Waals surface area contributed by atoms with Gasteiger partial charge in [-0.2, -0.15) is 11.3 Å². The van der Waals surface area contributed by atoms with E-state index < -0.39 is 0 Å². The van der Waals surface area contributed by atoms with Crippen molar-refractivity contribution in [3.05, 3.63) is 57.7 Å². The Hall–Kier alpha value is -2.51. The summed E-state index contributed by atoms with van der Waals surface area (Å²) >= 11 is 3.24. The summed E-state index contributed by atoms with van der Waals surface area (Å²) in [4.78, 5) is 32.9. The zero-order valence-electron chi connectivity index (χ0n) is 15.6. The minimum Gasteiger partial charge on any atom is -0.368 e. The normalized spacial score (nSPS) is 14.3. The van der Waals surface area contributed by atoms with Gasteiger partial charge in [0, 0.05) is 53.8 Å². The molecule has 0 bridgehead atoms. The summed E-state index contributed by atoms with van der Waals surface area (Å²) in [5.41, 5.74) is 3.79. The molecule has 1 amide bonds. The van der Waals surface area contributed by atoms with Crippen LogP contribution in [0.15, 0.2) is 46.5 Å². The van der Waals surface area contributed by atoms with Crippen molar-refractivity contribution in [2.24, 2.45) is 0 Å². The van der Waals surface area contributed by atoms with Crippen LogP contribution in [0.2, 0.25) is 0 Å². The SMILES string of the molecule is CC(=O)c1ccc(N2CCN(C(=O)Cc3csc(-c4ccsc4)n3)CC2)cc1. The fourth-order valence-electron chi connectivity index (χ4n) is 3.29. The van der Waals surface area contributed by atoms with Gasteiger partial charge < -0.3 is 9.80 Å². The molecule has 7 heteroatoms. The maximum absolute atomic E-state index is 12.7. The Morgan fingerprint density at radius 2 is 1.79 bits per heavy atom. The fraction of sp³-hybridized carbons (Fsp3) is 0.286. The van der Waals surface area contributed by atoms with Crippen molar-refractivity contribution in [1.82, 2.24) is 9.88 Å². The van der Waals surface area contributed by atoms with E-state index in [2.05, 4.69) is 21.3 Å². The minimum absolute atomic E-state index is 0.0751. The van der Waals surface area contributed by atoms with Gasteiger partial charge in [-0.15, -0.1) is 11.3 Å². The first-order valence-electron chi connectivity index (χ1n) is 9.21. The highest BCUT2D eigenvalue weighted by Gasteiger charge is 2.22. The lowest BCUT2D eigenvalue weighted by molar-refractivity contribution is -0.130. The summed E-state index contributed by atoms with van der Waals surface area (Å²) in [7, 11) is 0. The Morgan fingerprint density at radius 3 is 2.43 bits per heavy atom. The van der Waals surface area contributed by atoms with Gasteiger partial charge in [0.2, 0.25) is 5.91 Å². The summed E-state index contributed by atoms with van der Waals surface area (Å²) in [6, 6.07) is 9.74. The second-order valence-electron chi connectivity index (χ2n) is 6.80. The first-order valence-corrected chi connectivity index (χ1v) is 11.0. The van der Waals surface area contributed by atoms with Crippen molar-refractivity contribution in [1.29, 1.82) is 0 Å². The van der Waals surface area contributed by atoms with Crippen LogP contribution < -0.4 is 4.90 Å². The van der Waals surface area contributed by atoms with E-state index in [1.165, 1.54) is 0 Å². The van der Waals surface area contributed by atoms with Gasteiger partial charge >= 0.3 is 0 Å². The topological polar surface area (TPSA) is 53.5 Å². The monoisotopic (exact) mass is 411 g/mol. The molecule has 1 saturated heterocycles. The number of hydrogen-bond acceptors (Lipinski definition) is 6. The van der Waals surface area contributed by atoms with Crippen molar-refractivity contribution < 1.29 is 9.59 Å². The van der Waals surface area contributed by atoms with Crippen LogP contribution in [0.4, 0.5) is 5.69 Å². The van der Waals surface area contributed by atoms with Crippen LogP contribution in [0.25, 0.3) is 10.6 Å². The molecule has 0 N–H and O–H groups in total. The molecule has 1 fully saturated rings. The molecular formula is C21H21N3O2S2. The number of carbonyl (C=O) groups is 2. The van der Waals surface area contributed by atoms with E-state index in [4.69, 9.17) is 0 Å². The first-order chi connectivity index (χ1) is 13.6. The molecule has 0 aliphatic carbocycles. The molecule has 0 saturated carbocycles. The van der Waals surface area contributed by atoms with E-state index in [0.717, 1.165) is 40.6 Å². The van der Waals surface area contributed by atoms with Gasteiger partial charge in [0.05, 0.1) is 12.1 Å². The zero-order chi connectivity index (χ0) is 19.5. The highest BCUT2D eigenvalue weighted by molar-refractivity contribution is 7.14. The van der Waals surface area contributed by atoms with E-state index in [-0.39, 0.29) is 11.7 Å². The number of nitrogens with zero attached hydrogens (tertiary/aromatic N) is 3. The van der Waals surface area contributed by atoms with Gasteiger partial charge in [-0.05, 0) is 42.6 Å².